The lowest BCUT2D eigenvalue weighted by Gasteiger charge is -2.32. The van der Waals surface area contributed by atoms with Crippen molar-refractivity contribution < 1.29 is 19.1 Å². The average Bonchev–Trinajstić information content (AvgIpc) is 3.21. The molecule has 0 saturated carbocycles. The van der Waals surface area contributed by atoms with E-state index in [4.69, 9.17) is 4.74 Å². The zero-order valence-electron chi connectivity index (χ0n) is 18.1. The Hall–Kier alpha value is -2.74. The Bertz CT molecular complexity index is 891. The standard InChI is InChI=1S/C23H29N3O4S/c1-3-30-23(29)18-9-11-26(12-10-18)22(28)15-25(2)21(27)14-19-16-31-20(24-19)13-17-7-5-4-6-8-17/h4-8,16,18H,3,9-15H2,1-2H3. The van der Waals surface area contributed by atoms with Crippen LogP contribution in [0.5, 0.6) is 0 Å². The van der Waals surface area contributed by atoms with E-state index in [1.54, 1.807) is 30.2 Å². The topological polar surface area (TPSA) is 79.8 Å². The molecule has 1 saturated heterocycles. The number of rotatable bonds is 8. The Morgan fingerprint density at radius 2 is 1.90 bits per heavy atom. The van der Waals surface area contributed by atoms with Gasteiger partial charge in [-0.2, -0.15) is 0 Å². The van der Waals surface area contributed by atoms with Crippen LogP contribution in [-0.2, 0) is 32.0 Å². The van der Waals surface area contributed by atoms with Crippen molar-refractivity contribution in [2.45, 2.75) is 32.6 Å². The van der Waals surface area contributed by atoms with Gasteiger partial charge in [-0.05, 0) is 25.3 Å². The molecule has 0 bridgehead atoms. The molecular formula is C23H29N3O4S. The zero-order chi connectivity index (χ0) is 22.2. The lowest BCUT2D eigenvalue weighted by atomic mass is 9.97. The van der Waals surface area contributed by atoms with E-state index in [0.29, 0.717) is 32.5 Å². The molecule has 3 rings (SSSR count). The summed E-state index contributed by atoms with van der Waals surface area (Å²) in [5.41, 5.74) is 1.92. The fourth-order valence-electron chi connectivity index (χ4n) is 3.59. The maximum absolute atomic E-state index is 12.6. The first-order valence-electron chi connectivity index (χ1n) is 10.6. The van der Waals surface area contributed by atoms with Crippen molar-refractivity contribution in [2.24, 2.45) is 5.92 Å². The number of benzene rings is 1. The number of likely N-dealkylation sites (tertiary alicyclic amines) is 1. The largest absolute Gasteiger partial charge is 0.466 e. The van der Waals surface area contributed by atoms with Crippen LogP contribution in [0.3, 0.4) is 0 Å². The van der Waals surface area contributed by atoms with Crippen molar-refractivity contribution >= 4 is 29.1 Å². The van der Waals surface area contributed by atoms with E-state index in [1.807, 2.05) is 23.6 Å². The van der Waals surface area contributed by atoms with Gasteiger partial charge in [-0.3, -0.25) is 14.4 Å². The van der Waals surface area contributed by atoms with Gasteiger partial charge in [-0.25, -0.2) is 4.98 Å². The summed E-state index contributed by atoms with van der Waals surface area (Å²) in [6, 6.07) is 10.1. The lowest BCUT2D eigenvalue weighted by Crippen LogP contribution is -2.46. The number of piperidine rings is 1. The number of nitrogens with zero attached hydrogens (tertiary/aromatic N) is 3. The quantitative estimate of drug-likeness (QED) is 0.586. The highest BCUT2D eigenvalue weighted by Crippen LogP contribution is 2.19. The number of carbonyl (C=O) groups excluding carboxylic acids is 3. The van der Waals surface area contributed by atoms with Crippen LogP contribution < -0.4 is 0 Å². The molecule has 31 heavy (non-hydrogen) atoms. The number of esters is 1. The fourth-order valence-corrected chi connectivity index (χ4v) is 4.42. The Kier molecular flexibility index (Phi) is 8.17. The van der Waals surface area contributed by atoms with E-state index in [9.17, 15) is 14.4 Å². The molecule has 0 unspecified atom stereocenters. The van der Waals surface area contributed by atoms with E-state index in [-0.39, 0.29) is 36.7 Å². The molecule has 1 aromatic carbocycles. The molecule has 2 heterocycles. The highest BCUT2D eigenvalue weighted by Gasteiger charge is 2.29. The Morgan fingerprint density at radius 3 is 2.58 bits per heavy atom. The minimum atomic E-state index is -0.184. The Balaban J connectivity index is 1.44. The summed E-state index contributed by atoms with van der Waals surface area (Å²) in [6.45, 7) is 3.22. The molecule has 0 N–H and O–H groups in total. The molecule has 8 heteroatoms. The molecule has 1 aliphatic rings. The van der Waals surface area contributed by atoms with Gasteiger partial charge in [-0.1, -0.05) is 30.3 Å². The summed E-state index contributed by atoms with van der Waals surface area (Å²) in [6.07, 6.45) is 2.13. The number of thiazole rings is 1. The van der Waals surface area contributed by atoms with Crippen molar-refractivity contribution in [3.63, 3.8) is 0 Å². The van der Waals surface area contributed by atoms with Gasteiger partial charge < -0.3 is 14.5 Å². The lowest BCUT2D eigenvalue weighted by molar-refractivity contribution is -0.151. The predicted octanol–water partition coefficient (Wildman–Crippen LogP) is 2.54. The Morgan fingerprint density at radius 1 is 1.19 bits per heavy atom. The molecular weight excluding hydrogens is 414 g/mol. The van der Waals surface area contributed by atoms with Crippen LogP contribution in [0.2, 0.25) is 0 Å². The van der Waals surface area contributed by atoms with Gasteiger partial charge >= 0.3 is 5.97 Å². The van der Waals surface area contributed by atoms with E-state index in [0.717, 1.165) is 17.1 Å². The SMILES string of the molecule is CCOC(=O)C1CCN(C(=O)CN(C)C(=O)Cc2csc(Cc3ccccc3)n2)CC1. The fraction of sp³-hybridized carbons (Fsp3) is 0.478. The van der Waals surface area contributed by atoms with Gasteiger partial charge in [0.05, 0.1) is 36.2 Å². The highest BCUT2D eigenvalue weighted by molar-refractivity contribution is 7.09. The third-order valence-electron chi connectivity index (χ3n) is 5.40. The van der Waals surface area contributed by atoms with Gasteiger partial charge in [0.25, 0.3) is 0 Å². The highest BCUT2D eigenvalue weighted by atomic mass is 32.1. The molecule has 2 aromatic rings. The summed E-state index contributed by atoms with van der Waals surface area (Å²) in [7, 11) is 1.64. The molecule has 166 valence electrons. The molecule has 0 spiro atoms. The molecule has 0 atom stereocenters. The summed E-state index contributed by atoms with van der Waals surface area (Å²) < 4.78 is 5.06. The average molecular weight is 444 g/mol. The third kappa shape index (κ3) is 6.62. The molecule has 1 fully saturated rings. The number of aromatic nitrogens is 1. The van der Waals surface area contributed by atoms with E-state index in [2.05, 4.69) is 17.1 Å². The number of hydrogen-bond acceptors (Lipinski definition) is 6. The van der Waals surface area contributed by atoms with E-state index in [1.165, 1.54) is 10.5 Å². The van der Waals surface area contributed by atoms with Crippen molar-refractivity contribution in [3.05, 3.63) is 52.0 Å². The van der Waals surface area contributed by atoms with Crippen molar-refractivity contribution in [1.82, 2.24) is 14.8 Å². The second-order valence-corrected chi connectivity index (χ2v) is 8.67. The first kappa shape index (κ1) is 22.9. The van der Waals surface area contributed by atoms with Gasteiger partial charge in [0.1, 0.15) is 0 Å². The minimum absolute atomic E-state index is 0.0317. The second kappa shape index (κ2) is 11.0. The summed E-state index contributed by atoms with van der Waals surface area (Å²) in [4.78, 5) is 44.7. The monoisotopic (exact) mass is 443 g/mol. The number of likely N-dealkylation sites (N-methyl/N-ethyl adjacent to an activating group) is 1. The van der Waals surface area contributed by atoms with Gasteiger partial charge in [0, 0.05) is 31.9 Å². The van der Waals surface area contributed by atoms with Crippen LogP contribution in [0.1, 0.15) is 36.0 Å². The molecule has 1 aromatic heterocycles. The van der Waals surface area contributed by atoms with Crippen molar-refractivity contribution in [3.8, 4) is 0 Å². The first-order valence-corrected chi connectivity index (χ1v) is 11.5. The summed E-state index contributed by atoms with van der Waals surface area (Å²) in [5, 5.41) is 2.88. The number of hydrogen-bond donors (Lipinski definition) is 0. The van der Waals surface area contributed by atoms with E-state index >= 15 is 0 Å². The maximum Gasteiger partial charge on any atom is 0.309 e. The minimum Gasteiger partial charge on any atom is -0.466 e. The summed E-state index contributed by atoms with van der Waals surface area (Å²) in [5.74, 6) is -0.553. The smallest absolute Gasteiger partial charge is 0.309 e. The van der Waals surface area contributed by atoms with Crippen LogP contribution in [0.25, 0.3) is 0 Å². The van der Waals surface area contributed by atoms with Gasteiger partial charge in [0.2, 0.25) is 11.8 Å². The van der Waals surface area contributed by atoms with Crippen LogP contribution in [-0.4, -0.2) is 65.9 Å². The predicted molar refractivity (Wildman–Crippen MR) is 119 cm³/mol. The van der Waals surface area contributed by atoms with Gasteiger partial charge in [-0.15, -0.1) is 11.3 Å². The van der Waals surface area contributed by atoms with E-state index < -0.39 is 0 Å². The molecule has 1 aliphatic heterocycles. The molecule has 0 radical (unpaired) electrons. The normalized spacial score (nSPS) is 14.3. The molecule has 0 aliphatic carbocycles. The number of amides is 2. The Labute approximate surface area is 187 Å². The number of carbonyl (C=O) groups is 3. The second-order valence-electron chi connectivity index (χ2n) is 7.73. The van der Waals surface area contributed by atoms with Gasteiger partial charge in [0.15, 0.2) is 0 Å². The zero-order valence-corrected chi connectivity index (χ0v) is 18.9. The van der Waals surface area contributed by atoms with Crippen molar-refractivity contribution in [1.29, 1.82) is 0 Å². The van der Waals surface area contributed by atoms with Crippen LogP contribution in [0.4, 0.5) is 0 Å². The van der Waals surface area contributed by atoms with Crippen molar-refractivity contribution in [2.75, 3.05) is 33.3 Å². The molecule has 2 amide bonds. The third-order valence-corrected chi connectivity index (χ3v) is 6.29. The number of ether oxygens (including phenoxy) is 1. The summed E-state index contributed by atoms with van der Waals surface area (Å²) >= 11 is 1.55. The maximum atomic E-state index is 12.6. The van der Waals surface area contributed by atoms with Crippen LogP contribution in [0, 0.1) is 5.92 Å². The first-order chi connectivity index (χ1) is 15.0. The van der Waals surface area contributed by atoms with Crippen LogP contribution >= 0.6 is 11.3 Å². The molecule has 7 nitrogen and oxygen atoms in total. The van der Waals surface area contributed by atoms with Crippen LogP contribution in [0.15, 0.2) is 35.7 Å².